The Bertz CT molecular complexity index is 203. The standard InChI is InChI=1S/C12H24O5/c1-5-17-11(13)12(2,3)10-16-9-8-15-7-6-14-4/h5-10H2,1-4H3. The van der Waals surface area contributed by atoms with Gasteiger partial charge in [0.15, 0.2) is 0 Å². The lowest BCUT2D eigenvalue weighted by Gasteiger charge is -2.21. The average molecular weight is 248 g/mol. The summed E-state index contributed by atoms with van der Waals surface area (Å²) in [7, 11) is 1.63. The molecular weight excluding hydrogens is 224 g/mol. The maximum atomic E-state index is 11.5. The molecule has 0 aromatic heterocycles. The van der Waals surface area contributed by atoms with Crippen LogP contribution < -0.4 is 0 Å². The molecule has 0 aromatic carbocycles. The fourth-order valence-electron chi connectivity index (χ4n) is 1.07. The molecule has 0 unspecified atom stereocenters. The van der Waals surface area contributed by atoms with Crippen molar-refractivity contribution in [2.75, 3.05) is 46.8 Å². The Hall–Kier alpha value is -0.650. The fourth-order valence-corrected chi connectivity index (χ4v) is 1.07. The van der Waals surface area contributed by atoms with Gasteiger partial charge in [-0.05, 0) is 20.8 Å². The van der Waals surface area contributed by atoms with Gasteiger partial charge in [0, 0.05) is 7.11 Å². The summed E-state index contributed by atoms with van der Waals surface area (Å²) in [5.41, 5.74) is -0.609. The molecule has 0 radical (unpaired) electrons. The molecule has 5 nitrogen and oxygen atoms in total. The first-order valence-electron chi connectivity index (χ1n) is 5.86. The van der Waals surface area contributed by atoms with Crippen LogP contribution in [0.3, 0.4) is 0 Å². The van der Waals surface area contributed by atoms with E-state index >= 15 is 0 Å². The van der Waals surface area contributed by atoms with Crippen molar-refractivity contribution in [3.8, 4) is 0 Å². The molecular formula is C12H24O5. The fraction of sp³-hybridized carbons (Fsp3) is 0.917. The normalized spacial score (nSPS) is 11.5. The molecule has 0 spiro atoms. The summed E-state index contributed by atoms with van der Waals surface area (Å²) in [5.74, 6) is -0.236. The predicted octanol–water partition coefficient (Wildman–Crippen LogP) is 1.26. The second kappa shape index (κ2) is 9.39. The van der Waals surface area contributed by atoms with Crippen molar-refractivity contribution in [1.29, 1.82) is 0 Å². The first-order valence-corrected chi connectivity index (χ1v) is 5.86. The molecule has 0 saturated carbocycles. The second-order valence-corrected chi connectivity index (χ2v) is 4.26. The van der Waals surface area contributed by atoms with Crippen LogP contribution >= 0.6 is 0 Å². The number of carbonyl (C=O) groups excluding carboxylic acids is 1. The van der Waals surface area contributed by atoms with Gasteiger partial charge in [-0.25, -0.2) is 0 Å². The van der Waals surface area contributed by atoms with E-state index in [0.29, 0.717) is 39.6 Å². The lowest BCUT2D eigenvalue weighted by molar-refractivity contribution is -0.157. The number of carbonyl (C=O) groups is 1. The SMILES string of the molecule is CCOC(=O)C(C)(C)COCCOCCOC. The van der Waals surface area contributed by atoms with Crippen LogP contribution in [0.1, 0.15) is 20.8 Å². The van der Waals surface area contributed by atoms with Gasteiger partial charge in [0.1, 0.15) is 0 Å². The highest BCUT2D eigenvalue weighted by Crippen LogP contribution is 2.17. The van der Waals surface area contributed by atoms with Gasteiger partial charge in [0.2, 0.25) is 0 Å². The number of ether oxygens (including phenoxy) is 4. The van der Waals surface area contributed by atoms with E-state index in [1.807, 2.05) is 0 Å². The Morgan fingerprint density at radius 2 is 1.65 bits per heavy atom. The molecule has 5 heteroatoms. The molecule has 0 aliphatic carbocycles. The summed E-state index contributed by atoms with van der Waals surface area (Å²) in [6.07, 6.45) is 0. The molecule has 0 heterocycles. The molecule has 0 aliphatic rings. The largest absolute Gasteiger partial charge is 0.466 e. The van der Waals surface area contributed by atoms with Crippen molar-refractivity contribution in [1.82, 2.24) is 0 Å². The highest BCUT2D eigenvalue weighted by molar-refractivity contribution is 5.76. The van der Waals surface area contributed by atoms with Gasteiger partial charge in [-0.1, -0.05) is 0 Å². The molecule has 102 valence electrons. The Morgan fingerprint density at radius 1 is 1.06 bits per heavy atom. The van der Waals surface area contributed by atoms with Gasteiger partial charge in [0.05, 0.1) is 45.1 Å². The molecule has 0 fully saturated rings. The van der Waals surface area contributed by atoms with E-state index in [2.05, 4.69) is 0 Å². The number of hydrogen-bond acceptors (Lipinski definition) is 5. The number of rotatable bonds is 10. The maximum absolute atomic E-state index is 11.5. The van der Waals surface area contributed by atoms with Crippen molar-refractivity contribution in [2.45, 2.75) is 20.8 Å². The molecule has 0 bridgehead atoms. The molecule has 0 saturated heterocycles. The summed E-state index contributed by atoms with van der Waals surface area (Å²) >= 11 is 0. The van der Waals surface area contributed by atoms with Crippen molar-refractivity contribution < 1.29 is 23.7 Å². The minimum Gasteiger partial charge on any atom is -0.466 e. The minimum atomic E-state index is -0.609. The van der Waals surface area contributed by atoms with Crippen LogP contribution in [0.5, 0.6) is 0 Å². The van der Waals surface area contributed by atoms with E-state index in [1.165, 1.54) is 0 Å². The summed E-state index contributed by atoms with van der Waals surface area (Å²) in [6, 6.07) is 0. The molecule has 0 amide bonds. The quantitative estimate of drug-likeness (QED) is 0.430. The highest BCUT2D eigenvalue weighted by Gasteiger charge is 2.29. The third-order valence-electron chi connectivity index (χ3n) is 2.09. The first kappa shape index (κ1) is 16.4. The highest BCUT2D eigenvalue weighted by atomic mass is 16.5. The number of methoxy groups -OCH3 is 1. The lowest BCUT2D eigenvalue weighted by atomic mass is 9.95. The molecule has 17 heavy (non-hydrogen) atoms. The molecule has 0 aliphatic heterocycles. The van der Waals surface area contributed by atoms with Gasteiger partial charge >= 0.3 is 5.97 Å². The molecule has 0 N–H and O–H groups in total. The molecule has 0 aromatic rings. The van der Waals surface area contributed by atoms with Crippen LogP contribution in [0.15, 0.2) is 0 Å². The first-order chi connectivity index (χ1) is 8.04. The van der Waals surface area contributed by atoms with Crippen LogP contribution in [0.4, 0.5) is 0 Å². The average Bonchev–Trinajstić information content (AvgIpc) is 2.28. The summed E-state index contributed by atoms with van der Waals surface area (Å²) in [5, 5.41) is 0. The second-order valence-electron chi connectivity index (χ2n) is 4.26. The van der Waals surface area contributed by atoms with Gasteiger partial charge in [0.25, 0.3) is 0 Å². The summed E-state index contributed by atoms with van der Waals surface area (Å²) in [4.78, 5) is 11.5. The Kier molecular flexibility index (Phi) is 9.03. The zero-order chi connectivity index (χ0) is 13.1. The van der Waals surface area contributed by atoms with E-state index in [9.17, 15) is 4.79 Å². The topological polar surface area (TPSA) is 54.0 Å². The Labute approximate surface area is 103 Å². The zero-order valence-corrected chi connectivity index (χ0v) is 11.3. The van der Waals surface area contributed by atoms with Crippen LogP contribution in [0.2, 0.25) is 0 Å². The number of esters is 1. The zero-order valence-electron chi connectivity index (χ0n) is 11.3. The van der Waals surface area contributed by atoms with E-state index < -0.39 is 5.41 Å². The van der Waals surface area contributed by atoms with Crippen molar-refractivity contribution in [3.63, 3.8) is 0 Å². The van der Waals surface area contributed by atoms with Gasteiger partial charge in [-0.15, -0.1) is 0 Å². The monoisotopic (exact) mass is 248 g/mol. The van der Waals surface area contributed by atoms with E-state index in [0.717, 1.165) is 0 Å². The van der Waals surface area contributed by atoms with Gasteiger partial charge in [-0.3, -0.25) is 4.79 Å². The minimum absolute atomic E-state index is 0.236. The van der Waals surface area contributed by atoms with Crippen LogP contribution in [-0.2, 0) is 23.7 Å². The van der Waals surface area contributed by atoms with Crippen molar-refractivity contribution in [2.24, 2.45) is 5.41 Å². The van der Waals surface area contributed by atoms with Crippen molar-refractivity contribution in [3.05, 3.63) is 0 Å². The van der Waals surface area contributed by atoms with E-state index in [-0.39, 0.29) is 5.97 Å². The van der Waals surface area contributed by atoms with E-state index in [4.69, 9.17) is 18.9 Å². The maximum Gasteiger partial charge on any atom is 0.313 e. The van der Waals surface area contributed by atoms with E-state index in [1.54, 1.807) is 27.9 Å². The third kappa shape index (κ3) is 8.12. The molecule has 0 atom stereocenters. The Morgan fingerprint density at radius 3 is 2.24 bits per heavy atom. The van der Waals surface area contributed by atoms with Crippen molar-refractivity contribution >= 4 is 5.97 Å². The van der Waals surface area contributed by atoms with Crippen LogP contribution in [-0.4, -0.2) is 52.7 Å². The number of hydrogen-bond donors (Lipinski definition) is 0. The van der Waals surface area contributed by atoms with Crippen LogP contribution in [0, 0.1) is 5.41 Å². The Balaban J connectivity index is 3.55. The summed E-state index contributed by atoms with van der Waals surface area (Å²) < 4.78 is 20.4. The summed E-state index contributed by atoms with van der Waals surface area (Å²) in [6.45, 7) is 8.22. The lowest BCUT2D eigenvalue weighted by Crippen LogP contribution is -2.32. The van der Waals surface area contributed by atoms with Gasteiger partial charge < -0.3 is 18.9 Å². The third-order valence-corrected chi connectivity index (χ3v) is 2.09. The predicted molar refractivity (Wildman–Crippen MR) is 63.9 cm³/mol. The van der Waals surface area contributed by atoms with Crippen LogP contribution in [0.25, 0.3) is 0 Å². The van der Waals surface area contributed by atoms with Gasteiger partial charge in [-0.2, -0.15) is 0 Å². The smallest absolute Gasteiger partial charge is 0.313 e. The molecule has 0 rings (SSSR count).